The molecule has 1 aromatic carbocycles. The van der Waals surface area contributed by atoms with Gasteiger partial charge in [-0.3, -0.25) is 4.79 Å². The van der Waals surface area contributed by atoms with E-state index in [4.69, 9.17) is 9.47 Å². The molecule has 10 nitrogen and oxygen atoms in total. The number of ether oxygens (including phenoxy) is 2. The van der Waals surface area contributed by atoms with Gasteiger partial charge in [-0.1, -0.05) is 18.2 Å². The number of H-pyrrole nitrogens is 1. The zero-order valence-electron chi connectivity index (χ0n) is 18.5. The quantitative estimate of drug-likeness (QED) is 0.383. The second-order valence-corrected chi connectivity index (χ2v) is 7.36. The minimum atomic E-state index is -4.97. The number of para-hydroxylation sites is 1. The van der Waals surface area contributed by atoms with Crippen LogP contribution < -0.4 is 10.1 Å². The number of carbonyl (C=O) groups is 2. The van der Waals surface area contributed by atoms with Gasteiger partial charge in [0.2, 0.25) is 5.88 Å². The fraction of sp³-hybridized carbons (Fsp3) is 0.227. The number of aromatic amines is 1. The van der Waals surface area contributed by atoms with Crippen LogP contribution in [0.3, 0.4) is 0 Å². The Morgan fingerprint density at radius 1 is 1.14 bits per heavy atom. The number of alkyl halides is 3. The first kappa shape index (κ1) is 23.7. The van der Waals surface area contributed by atoms with Crippen molar-refractivity contribution < 1.29 is 32.2 Å². The van der Waals surface area contributed by atoms with Gasteiger partial charge in [0.15, 0.2) is 11.5 Å². The van der Waals surface area contributed by atoms with E-state index in [-0.39, 0.29) is 18.1 Å². The number of esters is 1. The zero-order chi connectivity index (χ0) is 25.2. The van der Waals surface area contributed by atoms with Crippen molar-refractivity contribution in [2.45, 2.75) is 18.6 Å². The van der Waals surface area contributed by atoms with Gasteiger partial charge in [-0.15, -0.1) is 10.2 Å². The Hall–Kier alpha value is -4.42. The third-order valence-electron chi connectivity index (χ3n) is 5.22. The lowest BCUT2D eigenvalue weighted by Gasteiger charge is -2.17. The van der Waals surface area contributed by atoms with Crippen molar-refractivity contribution in [2.75, 3.05) is 14.2 Å². The summed E-state index contributed by atoms with van der Waals surface area (Å²) in [5.41, 5.74) is -0.677. The monoisotopic (exact) mass is 488 g/mol. The Labute approximate surface area is 196 Å². The summed E-state index contributed by atoms with van der Waals surface area (Å²) in [4.78, 5) is 28.4. The Morgan fingerprint density at radius 3 is 2.57 bits per heavy atom. The minimum absolute atomic E-state index is 0.0120. The molecule has 2 N–H and O–H groups in total. The molecule has 4 rings (SSSR count). The molecule has 1 unspecified atom stereocenters. The number of nitrogens with one attached hydrogen (secondary N) is 2. The molecular formula is C22H19F3N6O4. The largest absolute Gasteiger partial charge is 0.480 e. The molecule has 3 heterocycles. The van der Waals surface area contributed by atoms with Crippen molar-refractivity contribution in [3.63, 3.8) is 0 Å². The van der Waals surface area contributed by atoms with Gasteiger partial charge in [0.05, 0.1) is 26.0 Å². The van der Waals surface area contributed by atoms with Gasteiger partial charge in [-0.25, -0.2) is 9.48 Å². The molecule has 4 aromatic rings. The highest BCUT2D eigenvalue weighted by Gasteiger charge is 2.41. The minimum Gasteiger partial charge on any atom is -0.480 e. The Kier molecular flexibility index (Phi) is 6.40. The molecular weight excluding hydrogens is 469 g/mol. The summed E-state index contributed by atoms with van der Waals surface area (Å²) in [5.74, 6) is -2.16. The molecule has 0 saturated carbocycles. The van der Waals surface area contributed by atoms with Crippen LogP contribution in [0.25, 0.3) is 16.7 Å². The number of carbonyl (C=O) groups excluding carboxylic acids is 2. The highest BCUT2D eigenvalue weighted by Crippen LogP contribution is 2.33. The van der Waals surface area contributed by atoms with Gasteiger partial charge in [0.1, 0.15) is 6.04 Å². The number of fused-ring (bicyclic) bond motifs is 1. The van der Waals surface area contributed by atoms with Gasteiger partial charge < -0.3 is 19.8 Å². The van der Waals surface area contributed by atoms with E-state index < -0.39 is 35.4 Å². The second-order valence-electron chi connectivity index (χ2n) is 7.36. The third-order valence-corrected chi connectivity index (χ3v) is 5.22. The fourth-order valence-electron chi connectivity index (χ4n) is 3.59. The zero-order valence-corrected chi connectivity index (χ0v) is 18.5. The Morgan fingerprint density at radius 2 is 1.91 bits per heavy atom. The van der Waals surface area contributed by atoms with Crippen LogP contribution in [0.2, 0.25) is 0 Å². The molecule has 0 spiro atoms. The van der Waals surface area contributed by atoms with Gasteiger partial charge in [0.25, 0.3) is 5.91 Å². The molecule has 0 radical (unpaired) electrons. The maximum absolute atomic E-state index is 14.0. The van der Waals surface area contributed by atoms with Crippen molar-refractivity contribution in [2.24, 2.45) is 0 Å². The van der Waals surface area contributed by atoms with Gasteiger partial charge in [0, 0.05) is 29.6 Å². The SMILES string of the molecule is COC(=O)C(Cc1c[nH]c2ccccc12)NC(=O)c1cnn(-c2ccc(OC)nn2)c1C(F)(F)F. The van der Waals surface area contributed by atoms with Crippen LogP contribution in [0.15, 0.2) is 48.8 Å². The van der Waals surface area contributed by atoms with E-state index in [9.17, 15) is 22.8 Å². The maximum Gasteiger partial charge on any atom is 0.434 e. The molecule has 0 aliphatic heterocycles. The third kappa shape index (κ3) is 4.78. The summed E-state index contributed by atoms with van der Waals surface area (Å²) >= 11 is 0. The smallest absolute Gasteiger partial charge is 0.434 e. The maximum atomic E-state index is 14.0. The molecule has 13 heteroatoms. The van der Waals surface area contributed by atoms with Gasteiger partial charge in [-0.05, 0) is 17.7 Å². The lowest BCUT2D eigenvalue weighted by molar-refractivity contribution is -0.143. The predicted molar refractivity (Wildman–Crippen MR) is 116 cm³/mol. The van der Waals surface area contributed by atoms with E-state index >= 15 is 0 Å². The van der Waals surface area contributed by atoms with E-state index in [1.165, 1.54) is 19.2 Å². The van der Waals surface area contributed by atoms with Crippen molar-refractivity contribution in [1.29, 1.82) is 0 Å². The highest BCUT2D eigenvalue weighted by atomic mass is 19.4. The van der Waals surface area contributed by atoms with Gasteiger partial charge >= 0.3 is 12.1 Å². The summed E-state index contributed by atoms with van der Waals surface area (Å²) in [6.45, 7) is 0. The number of hydrogen-bond acceptors (Lipinski definition) is 7. The average Bonchev–Trinajstić information content (AvgIpc) is 3.48. The summed E-state index contributed by atoms with van der Waals surface area (Å²) in [6.07, 6.45) is -2.57. The molecule has 1 atom stereocenters. The second kappa shape index (κ2) is 9.44. The number of hydrogen-bond donors (Lipinski definition) is 2. The van der Waals surface area contributed by atoms with Crippen molar-refractivity contribution in [3.05, 3.63) is 65.6 Å². The van der Waals surface area contributed by atoms with Crippen LogP contribution in [-0.2, 0) is 22.1 Å². The first-order chi connectivity index (χ1) is 16.7. The molecule has 3 aromatic heterocycles. The normalized spacial score (nSPS) is 12.4. The number of halogens is 3. The lowest BCUT2D eigenvalue weighted by Crippen LogP contribution is -2.43. The fourth-order valence-corrected chi connectivity index (χ4v) is 3.59. The molecule has 0 saturated heterocycles. The van der Waals surface area contributed by atoms with Crippen molar-refractivity contribution in [3.8, 4) is 11.7 Å². The van der Waals surface area contributed by atoms with E-state index in [1.54, 1.807) is 12.3 Å². The van der Waals surface area contributed by atoms with E-state index in [2.05, 4.69) is 25.6 Å². The van der Waals surface area contributed by atoms with E-state index in [1.807, 2.05) is 18.2 Å². The van der Waals surface area contributed by atoms with Crippen LogP contribution >= 0.6 is 0 Å². The van der Waals surface area contributed by atoms with Crippen LogP contribution in [-0.4, -0.2) is 57.1 Å². The van der Waals surface area contributed by atoms with Gasteiger partial charge in [-0.2, -0.15) is 18.3 Å². The van der Waals surface area contributed by atoms with E-state index in [0.29, 0.717) is 10.2 Å². The van der Waals surface area contributed by atoms with Crippen LogP contribution in [0, 0.1) is 0 Å². The molecule has 35 heavy (non-hydrogen) atoms. The molecule has 182 valence electrons. The number of aromatic nitrogens is 5. The van der Waals surface area contributed by atoms with Crippen LogP contribution in [0.1, 0.15) is 21.6 Å². The average molecular weight is 488 g/mol. The Bertz CT molecular complexity index is 1360. The number of nitrogens with zero attached hydrogens (tertiary/aromatic N) is 4. The lowest BCUT2D eigenvalue weighted by atomic mass is 10.0. The predicted octanol–water partition coefficient (Wildman–Crippen LogP) is 2.69. The summed E-state index contributed by atoms with van der Waals surface area (Å²) in [6, 6.07) is 8.54. The standard InChI is InChI=1S/C22H19F3N6O4/c1-34-18-8-7-17(29-30-18)31-19(22(23,24)25)14(11-27-31)20(32)28-16(21(33)35-2)9-12-10-26-15-6-4-3-5-13(12)15/h3-8,10-11,16,26H,9H2,1-2H3,(H,28,32). The summed E-state index contributed by atoms with van der Waals surface area (Å²) < 4.78 is 52.0. The molecule has 1 amide bonds. The van der Waals surface area contributed by atoms with Crippen molar-refractivity contribution >= 4 is 22.8 Å². The molecule has 0 bridgehead atoms. The summed E-state index contributed by atoms with van der Waals surface area (Å²) in [7, 11) is 2.45. The topological polar surface area (TPSA) is 124 Å². The number of methoxy groups -OCH3 is 2. The first-order valence-electron chi connectivity index (χ1n) is 10.2. The number of benzene rings is 1. The molecule has 0 fully saturated rings. The highest BCUT2D eigenvalue weighted by molar-refractivity contribution is 5.98. The molecule has 0 aliphatic carbocycles. The van der Waals surface area contributed by atoms with Crippen molar-refractivity contribution in [1.82, 2.24) is 30.3 Å². The van der Waals surface area contributed by atoms with Crippen LogP contribution in [0.4, 0.5) is 13.2 Å². The van der Waals surface area contributed by atoms with Crippen LogP contribution in [0.5, 0.6) is 5.88 Å². The summed E-state index contributed by atoms with van der Waals surface area (Å²) in [5, 5.41) is 14.1. The number of rotatable bonds is 7. The Balaban J connectivity index is 1.66. The first-order valence-corrected chi connectivity index (χ1v) is 10.2. The number of amides is 1. The molecule has 0 aliphatic rings. The van der Waals surface area contributed by atoms with E-state index in [0.717, 1.165) is 24.2 Å².